The van der Waals surface area contributed by atoms with Crippen molar-refractivity contribution in [1.82, 2.24) is 10.6 Å². The van der Waals surface area contributed by atoms with E-state index in [2.05, 4.69) is 10.6 Å². The van der Waals surface area contributed by atoms with Crippen molar-refractivity contribution in [3.05, 3.63) is 76.3 Å². The first-order valence-electron chi connectivity index (χ1n) is 7.90. The van der Waals surface area contributed by atoms with Gasteiger partial charge in [0, 0.05) is 5.02 Å². The summed E-state index contributed by atoms with van der Waals surface area (Å²) in [5.74, 6) is -0.478. The van der Waals surface area contributed by atoms with Gasteiger partial charge in [0.15, 0.2) is 0 Å². The molecular weight excluding hydrogens is 340 g/mol. The molecule has 25 heavy (non-hydrogen) atoms. The second-order valence-electron chi connectivity index (χ2n) is 5.46. The molecule has 0 saturated heterocycles. The lowest BCUT2D eigenvalue weighted by molar-refractivity contribution is -0.138. The van der Waals surface area contributed by atoms with Crippen molar-refractivity contribution in [1.29, 1.82) is 0 Å². The van der Waals surface area contributed by atoms with Gasteiger partial charge in [0.25, 0.3) is 0 Å². The highest BCUT2D eigenvalue weighted by Crippen LogP contribution is 2.32. The third-order valence-electron chi connectivity index (χ3n) is 3.83. The number of nitrogens with one attached hydrogen (secondary N) is 2. The highest BCUT2D eigenvalue weighted by Gasteiger charge is 2.34. The highest BCUT2D eigenvalue weighted by atomic mass is 35.5. The minimum Gasteiger partial charge on any atom is -0.463 e. The van der Waals surface area contributed by atoms with E-state index in [-0.39, 0.29) is 12.6 Å². The zero-order valence-corrected chi connectivity index (χ0v) is 14.3. The number of carbonyl (C=O) groups excluding carboxylic acids is 2. The molecule has 0 spiro atoms. The maximum atomic E-state index is 12.6. The Morgan fingerprint density at radius 2 is 1.80 bits per heavy atom. The van der Waals surface area contributed by atoms with Crippen LogP contribution in [-0.4, -0.2) is 18.6 Å². The van der Waals surface area contributed by atoms with E-state index < -0.39 is 12.0 Å². The van der Waals surface area contributed by atoms with Crippen LogP contribution in [0.2, 0.25) is 5.02 Å². The monoisotopic (exact) mass is 356 g/mol. The molecule has 1 aliphatic heterocycles. The number of hydrogen-bond donors (Lipinski definition) is 2. The SMILES string of the molecule is CCOC(=O)C1=C(c2ccccc2)NC(=O)NC1c1ccc(Cl)cc1. The molecule has 0 bridgehead atoms. The van der Waals surface area contributed by atoms with Crippen LogP contribution in [0.4, 0.5) is 4.79 Å². The van der Waals surface area contributed by atoms with Crippen LogP contribution in [-0.2, 0) is 9.53 Å². The van der Waals surface area contributed by atoms with Crippen molar-refractivity contribution in [3.8, 4) is 0 Å². The van der Waals surface area contributed by atoms with Gasteiger partial charge in [0.2, 0.25) is 0 Å². The molecule has 3 rings (SSSR count). The number of hydrogen-bond acceptors (Lipinski definition) is 3. The Balaban J connectivity index is 2.16. The lowest BCUT2D eigenvalue weighted by Crippen LogP contribution is -2.45. The molecule has 1 aliphatic rings. The topological polar surface area (TPSA) is 67.4 Å². The summed E-state index contributed by atoms with van der Waals surface area (Å²) in [6.45, 7) is 1.98. The molecule has 0 fully saturated rings. The van der Waals surface area contributed by atoms with Crippen molar-refractivity contribution in [2.45, 2.75) is 13.0 Å². The van der Waals surface area contributed by atoms with Gasteiger partial charge in [-0.05, 0) is 30.2 Å². The predicted molar refractivity (Wildman–Crippen MR) is 95.9 cm³/mol. The first kappa shape index (κ1) is 17.0. The fourth-order valence-electron chi connectivity index (χ4n) is 2.73. The Labute approximate surface area is 150 Å². The van der Waals surface area contributed by atoms with Gasteiger partial charge in [0.1, 0.15) is 0 Å². The molecule has 2 aromatic rings. The minimum atomic E-state index is -0.625. The normalized spacial score (nSPS) is 16.9. The van der Waals surface area contributed by atoms with Crippen molar-refractivity contribution in [2.24, 2.45) is 0 Å². The van der Waals surface area contributed by atoms with Crippen LogP contribution in [0.5, 0.6) is 0 Å². The third-order valence-corrected chi connectivity index (χ3v) is 4.09. The van der Waals surface area contributed by atoms with Gasteiger partial charge in [-0.15, -0.1) is 0 Å². The summed E-state index contributed by atoms with van der Waals surface area (Å²) >= 11 is 5.95. The van der Waals surface area contributed by atoms with Crippen LogP contribution in [0.1, 0.15) is 24.1 Å². The number of amides is 2. The largest absolute Gasteiger partial charge is 0.463 e. The number of rotatable bonds is 4. The molecule has 6 heteroatoms. The molecule has 0 aromatic heterocycles. The summed E-state index contributed by atoms with van der Waals surface area (Å²) < 4.78 is 5.23. The Hall–Kier alpha value is -2.79. The standard InChI is InChI=1S/C19H17ClN2O3/c1-2-25-18(23)15-16(12-6-4-3-5-7-12)21-19(24)22-17(15)13-8-10-14(20)11-9-13/h3-11,17H,2H2,1H3,(H2,21,22,24). The molecule has 2 N–H and O–H groups in total. The van der Waals surface area contributed by atoms with Gasteiger partial charge in [-0.2, -0.15) is 0 Å². The maximum Gasteiger partial charge on any atom is 0.338 e. The quantitative estimate of drug-likeness (QED) is 0.821. The van der Waals surface area contributed by atoms with E-state index in [4.69, 9.17) is 16.3 Å². The molecule has 0 radical (unpaired) electrons. The van der Waals surface area contributed by atoms with E-state index >= 15 is 0 Å². The first-order chi connectivity index (χ1) is 12.1. The summed E-state index contributed by atoms with van der Waals surface area (Å²) in [6, 6.07) is 15.2. The number of carbonyl (C=O) groups is 2. The van der Waals surface area contributed by atoms with Crippen molar-refractivity contribution in [3.63, 3.8) is 0 Å². The Morgan fingerprint density at radius 1 is 1.12 bits per heavy atom. The van der Waals surface area contributed by atoms with Crippen LogP contribution in [0.3, 0.4) is 0 Å². The highest BCUT2D eigenvalue weighted by molar-refractivity contribution is 6.30. The molecule has 1 atom stereocenters. The fourth-order valence-corrected chi connectivity index (χ4v) is 2.86. The van der Waals surface area contributed by atoms with Gasteiger partial charge in [0.05, 0.1) is 23.9 Å². The van der Waals surface area contributed by atoms with Crippen LogP contribution >= 0.6 is 11.6 Å². The maximum absolute atomic E-state index is 12.6. The molecule has 1 heterocycles. The summed E-state index contributed by atoms with van der Waals surface area (Å²) in [5.41, 5.74) is 2.29. The molecule has 0 aliphatic carbocycles. The van der Waals surface area contributed by atoms with E-state index in [1.54, 1.807) is 31.2 Å². The third kappa shape index (κ3) is 3.67. The molecule has 5 nitrogen and oxygen atoms in total. The van der Waals surface area contributed by atoms with E-state index in [1.165, 1.54) is 0 Å². The summed E-state index contributed by atoms with van der Waals surface area (Å²) in [5, 5.41) is 6.10. The van der Waals surface area contributed by atoms with Crippen LogP contribution in [0.25, 0.3) is 5.70 Å². The van der Waals surface area contributed by atoms with Gasteiger partial charge in [-0.3, -0.25) is 0 Å². The summed E-state index contributed by atoms with van der Waals surface area (Å²) in [4.78, 5) is 24.8. The Morgan fingerprint density at radius 3 is 2.44 bits per heavy atom. The summed E-state index contributed by atoms with van der Waals surface area (Å²) in [6.07, 6.45) is 0. The Bertz CT molecular complexity index is 816. The molecule has 1 unspecified atom stereocenters. The smallest absolute Gasteiger partial charge is 0.338 e. The van der Waals surface area contributed by atoms with E-state index in [9.17, 15) is 9.59 Å². The first-order valence-corrected chi connectivity index (χ1v) is 8.27. The van der Waals surface area contributed by atoms with E-state index in [0.29, 0.717) is 16.3 Å². The number of halogens is 1. The lowest BCUT2D eigenvalue weighted by atomic mass is 9.93. The lowest BCUT2D eigenvalue weighted by Gasteiger charge is -2.29. The van der Waals surface area contributed by atoms with Crippen LogP contribution in [0, 0.1) is 0 Å². The van der Waals surface area contributed by atoms with Crippen molar-refractivity contribution < 1.29 is 14.3 Å². The second kappa shape index (κ2) is 7.40. The fraction of sp³-hybridized carbons (Fsp3) is 0.158. The van der Waals surface area contributed by atoms with Crippen LogP contribution < -0.4 is 10.6 Å². The van der Waals surface area contributed by atoms with Gasteiger partial charge in [-0.25, -0.2) is 9.59 Å². The van der Waals surface area contributed by atoms with Crippen molar-refractivity contribution >= 4 is 29.3 Å². The van der Waals surface area contributed by atoms with Gasteiger partial charge >= 0.3 is 12.0 Å². The molecule has 2 aromatic carbocycles. The average Bonchev–Trinajstić information content (AvgIpc) is 2.62. The number of esters is 1. The number of ether oxygens (including phenoxy) is 1. The molecule has 128 valence electrons. The number of benzene rings is 2. The number of urea groups is 1. The van der Waals surface area contributed by atoms with Gasteiger partial charge < -0.3 is 15.4 Å². The second-order valence-corrected chi connectivity index (χ2v) is 5.89. The van der Waals surface area contributed by atoms with E-state index in [0.717, 1.165) is 11.1 Å². The molecular formula is C19H17ClN2O3. The zero-order valence-electron chi connectivity index (χ0n) is 13.6. The van der Waals surface area contributed by atoms with E-state index in [1.807, 2.05) is 30.3 Å². The van der Waals surface area contributed by atoms with Crippen LogP contribution in [0.15, 0.2) is 60.2 Å². The molecule has 2 amide bonds. The zero-order chi connectivity index (χ0) is 17.8. The predicted octanol–water partition coefficient (Wildman–Crippen LogP) is 3.67. The van der Waals surface area contributed by atoms with Crippen molar-refractivity contribution in [2.75, 3.05) is 6.61 Å². The Kier molecular flexibility index (Phi) is 5.05. The minimum absolute atomic E-state index is 0.242. The summed E-state index contributed by atoms with van der Waals surface area (Å²) in [7, 11) is 0. The molecule has 0 saturated carbocycles. The average molecular weight is 357 g/mol. The van der Waals surface area contributed by atoms with Gasteiger partial charge in [-0.1, -0.05) is 54.1 Å².